The highest BCUT2D eigenvalue weighted by atomic mass is 16.5. The molecule has 0 aromatic rings. The number of nitrogens with zero attached hydrogens (tertiary/aromatic N) is 1. The van der Waals surface area contributed by atoms with Crippen LogP contribution in [0, 0.1) is 5.41 Å². The molecule has 0 aliphatic rings. The van der Waals surface area contributed by atoms with Gasteiger partial charge in [0, 0.05) is 32.2 Å². The number of methoxy groups -OCH3 is 1. The molecule has 0 aliphatic carbocycles. The Morgan fingerprint density at radius 1 is 1.44 bits per heavy atom. The van der Waals surface area contributed by atoms with Gasteiger partial charge in [0.15, 0.2) is 0 Å². The van der Waals surface area contributed by atoms with Crippen LogP contribution < -0.4 is 0 Å². The second kappa shape index (κ2) is 8.01. The number of rotatable bonds is 9. The first-order valence-corrected chi connectivity index (χ1v) is 5.94. The van der Waals surface area contributed by atoms with Gasteiger partial charge < -0.3 is 19.8 Å². The van der Waals surface area contributed by atoms with E-state index in [1.165, 1.54) is 0 Å². The van der Waals surface area contributed by atoms with Gasteiger partial charge in [0.25, 0.3) is 0 Å². The fraction of sp³-hybridized carbons (Fsp3) is 1.00. The molecule has 0 saturated heterocycles. The highest BCUT2D eigenvalue weighted by Gasteiger charge is 2.24. The maximum atomic E-state index is 9.59. The van der Waals surface area contributed by atoms with Crippen LogP contribution in [0.5, 0.6) is 0 Å². The quantitative estimate of drug-likeness (QED) is 0.616. The van der Waals surface area contributed by atoms with E-state index < -0.39 is 6.10 Å². The van der Waals surface area contributed by atoms with E-state index in [4.69, 9.17) is 4.74 Å². The van der Waals surface area contributed by atoms with Crippen molar-refractivity contribution in [2.75, 3.05) is 40.5 Å². The number of hydrogen-bond acceptors (Lipinski definition) is 4. The molecule has 0 aromatic heterocycles. The summed E-state index contributed by atoms with van der Waals surface area (Å²) < 4.78 is 4.88. The lowest BCUT2D eigenvalue weighted by molar-refractivity contribution is 0.0247. The van der Waals surface area contributed by atoms with Crippen LogP contribution in [0.1, 0.15) is 26.7 Å². The zero-order valence-corrected chi connectivity index (χ0v) is 11.1. The van der Waals surface area contributed by atoms with E-state index in [-0.39, 0.29) is 12.0 Å². The third-order valence-corrected chi connectivity index (χ3v) is 2.77. The summed E-state index contributed by atoms with van der Waals surface area (Å²) >= 11 is 0. The van der Waals surface area contributed by atoms with Gasteiger partial charge in [-0.25, -0.2) is 0 Å². The van der Waals surface area contributed by atoms with Crippen LogP contribution in [0.2, 0.25) is 0 Å². The van der Waals surface area contributed by atoms with Crippen molar-refractivity contribution in [3.05, 3.63) is 0 Å². The minimum absolute atomic E-state index is 0.0731. The van der Waals surface area contributed by atoms with E-state index in [2.05, 4.69) is 18.7 Å². The van der Waals surface area contributed by atoms with Crippen molar-refractivity contribution in [1.29, 1.82) is 0 Å². The van der Waals surface area contributed by atoms with Crippen LogP contribution in [0.4, 0.5) is 0 Å². The third kappa shape index (κ3) is 6.43. The highest BCUT2D eigenvalue weighted by Crippen LogP contribution is 2.23. The van der Waals surface area contributed by atoms with Gasteiger partial charge in [0.2, 0.25) is 0 Å². The van der Waals surface area contributed by atoms with Crippen molar-refractivity contribution in [2.24, 2.45) is 5.41 Å². The molecule has 4 nitrogen and oxygen atoms in total. The highest BCUT2D eigenvalue weighted by molar-refractivity contribution is 4.77. The Morgan fingerprint density at radius 2 is 2.06 bits per heavy atom. The minimum atomic E-state index is -0.459. The lowest BCUT2D eigenvalue weighted by Crippen LogP contribution is -2.40. The monoisotopic (exact) mass is 233 g/mol. The molecule has 0 saturated carbocycles. The molecule has 2 atom stereocenters. The second-order valence-electron chi connectivity index (χ2n) is 5.02. The number of ether oxygens (including phenoxy) is 1. The van der Waals surface area contributed by atoms with Gasteiger partial charge in [0.05, 0.1) is 12.7 Å². The molecule has 0 radical (unpaired) electrons. The van der Waals surface area contributed by atoms with Gasteiger partial charge in [-0.3, -0.25) is 0 Å². The van der Waals surface area contributed by atoms with Crippen LogP contribution in [0.15, 0.2) is 0 Å². The molecular weight excluding hydrogens is 206 g/mol. The van der Waals surface area contributed by atoms with Crippen molar-refractivity contribution in [1.82, 2.24) is 4.90 Å². The molecule has 0 bridgehead atoms. The second-order valence-corrected chi connectivity index (χ2v) is 5.02. The fourth-order valence-corrected chi connectivity index (χ4v) is 2.13. The van der Waals surface area contributed by atoms with Crippen molar-refractivity contribution in [3.8, 4) is 0 Å². The average Bonchev–Trinajstić information content (AvgIpc) is 2.17. The summed E-state index contributed by atoms with van der Waals surface area (Å²) in [7, 11) is 3.54. The molecule has 98 valence electrons. The maximum Gasteiger partial charge on any atom is 0.0899 e. The largest absolute Gasteiger partial charge is 0.396 e. The predicted octanol–water partition coefficient (Wildman–Crippen LogP) is 0.724. The summed E-state index contributed by atoms with van der Waals surface area (Å²) in [5.74, 6) is 0. The Balaban J connectivity index is 4.04. The van der Waals surface area contributed by atoms with Gasteiger partial charge >= 0.3 is 0 Å². The summed E-state index contributed by atoms with van der Waals surface area (Å²) in [5.41, 5.74) is -0.0731. The summed E-state index contributed by atoms with van der Waals surface area (Å²) in [4.78, 5) is 2.05. The Labute approximate surface area is 99.2 Å². The Morgan fingerprint density at radius 3 is 2.50 bits per heavy atom. The molecule has 4 heteroatoms. The van der Waals surface area contributed by atoms with Gasteiger partial charge in [-0.1, -0.05) is 20.3 Å². The predicted molar refractivity (Wildman–Crippen MR) is 65.5 cm³/mol. The average molecular weight is 233 g/mol. The molecule has 0 spiro atoms. The summed E-state index contributed by atoms with van der Waals surface area (Å²) in [6.45, 7) is 6.11. The summed E-state index contributed by atoms with van der Waals surface area (Å²) in [5, 5.41) is 19.0. The normalized spacial score (nSPS) is 17.4. The fourth-order valence-electron chi connectivity index (χ4n) is 2.13. The topological polar surface area (TPSA) is 52.9 Å². The van der Waals surface area contributed by atoms with E-state index in [9.17, 15) is 10.2 Å². The van der Waals surface area contributed by atoms with Crippen molar-refractivity contribution in [3.63, 3.8) is 0 Å². The van der Waals surface area contributed by atoms with E-state index in [0.29, 0.717) is 13.2 Å². The summed E-state index contributed by atoms with van der Waals surface area (Å²) in [6.07, 6.45) is 1.60. The Hall–Kier alpha value is -0.160. The first-order valence-electron chi connectivity index (χ1n) is 5.94. The zero-order valence-electron chi connectivity index (χ0n) is 11.1. The van der Waals surface area contributed by atoms with Gasteiger partial charge in [-0.05, 0) is 13.5 Å². The first kappa shape index (κ1) is 15.8. The summed E-state index contributed by atoms with van der Waals surface area (Å²) in [6, 6.07) is 0. The van der Waals surface area contributed by atoms with Crippen molar-refractivity contribution < 1.29 is 14.9 Å². The van der Waals surface area contributed by atoms with Gasteiger partial charge in [-0.15, -0.1) is 0 Å². The smallest absolute Gasteiger partial charge is 0.0899 e. The molecule has 16 heavy (non-hydrogen) atoms. The molecule has 0 fully saturated rings. The van der Waals surface area contributed by atoms with Crippen LogP contribution >= 0.6 is 0 Å². The lowest BCUT2D eigenvalue weighted by Gasteiger charge is -2.32. The maximum absolute atomic E-state index is 9.59. The Bertz CT molecular complexity index is 178. The molecule has 0 rings (SSSR count). The van der Waals surface area contributed by atoms with E-state index in [1.54, 1.807) is 7.11 Å². The Kier molecular flexibility index (Phi) is 7.93. The van der Waals surface area contributed by atoms with Crippen molar-refractivity contribution >= 4 is 0 Å². The minimum Gasteiger partial charge on any atom is -0.396 e. The van der Waals surface area contributed by atoms with E-state index >= 15 is 0 Å². The van der Waals surface area contributed by atoms with Gasteiger partial charge in [0.1, 0.15) is 0 Å². The van der Waals surface area contributed by atoms with Crippen LogP contribution in [0.25, 0.3) is 0 Å². The van der Waals surface area contributed by atoms with Crippen LogP contribution in [0.3, 0.4) is 0 Å². The van der Waals surface area contributed by atoms with Crippen molar-refractivity contribution in [2.45, 2.75) is 32.8 Å². The standard InChI is InChI=1S/C12H27NO3/c1-5-6-12(2,10-14)9-13(3)7-11(15)8-16-4/h11,14-15H,5-10H2,1-4H3. The molecule has 2 unspecified atom stereocenters. The zero-order chi connectivity index (χ0) is 12.6. The molecule has 0 aliphatic heterocycles. The number of aliphatic hydroxyl groups is 2. The molecule has 0 aromatic carbocycles. The van der Waals surface area contributed by atoms with Gasteiger partial charge in [-0.2, -0.15) is 0 Å². The first-order chi connectivity index (χ1) is 7.47. The number of likely N-dealkylation sites (N-methyl/N-ethyl adjacent to an activating group) is 1. The lowest BCUT2D eigenvalue weighted by atomic mass is 9.86. The number of aliphatic hydroxyl groups excluding tert-OH is 2. The number of hydrogen-bond donors (Lipinski definition) is 2. The SMILES string of the molecule is CCCC(C)(CO)CN(C)CC(O)COC. The van der Waals surface area contributed by atoms with E-state index in [1.807, 2.05) is 7.05 Å². The molecule has 2 N–H and O–H groups in total. The van der Waals surface area contributed by atoms with Crippen LogP contribution in [-0.2, 0) is 4.74 Å². The molecular formula is C12H27NO3. The third-order valence-electron chi connectivity index (χ3n) is 2.77. The molecule has 0 heterocycles. The van der Waals surface area contributed by atoms with Crippen LogP contribution in [-0.4, -0.2) is 61.7 Å². The molecule has 0 amide bonds. The van der Waals surface area contributed by atoms with E-state index in [0.717, 1.165) is 19.4 Å².